The molecule has 0 spiro atoms. The number of nitrogens with zero attached hydrogens (tertiary/aromatic N) is 1. The van der Waals surface area contributed by atoms with Crippen molar-refractivity contribution in [1.29, 1.82) is 0 Å². The Bertz CT molecular complexity index is 483. The molecule has 0 saturated heterocycles. The van der Waals surface area contributed by atoms with Crippen LogP contribution in [0.3, 0.4) is 0 Å². The van der Waals surface area contributed by atoms with Crippen LogP contribution in [0.5, 0.6) is 0 Å². The summed E-state index contributed by atoms with van der Waals surface area (Å²) in [5.41, 5.74) is 2.53. The van der Waals surface area contributed by atoms with E-state index >= 15 is 0 Å². The number of benzene rings is 1. The molecule has 3 atom stereocenters. The lowest BCUT2D eigenvalue weighted by molar-refractivity contribution is -0.132. The molecule has 0 aromatic heterocycles. The molecular formula is C17H25NO3. The van der Waals surface area contributed by atoms with E-state index in [0.29, 0.717) is 11.8 Å². The summed E-state index contributed by atoms with van der Waals surface area (Å²) in [5, 5.41) is 18.2. The molecule has 1 saturated carbocycles. The predicted octanol–water partition coefficient (Wildman–Crippen LogP) is 1.73. The van der Waals surface area contributed by atoms with Crippen molar-refractivity contribution < 1.29 is 15.0 Å². The number of carbonyl (C=O) groups is 1. The predicted molar refractivity (Wildman–Crippen MR) is 82.1 cm³/mol. The number of rotatable bonds is 6. The normalized spacial score (nSPS) is 22.2. The van der Waals surface area contributed by atoms with Crippen molar-refractivity contribution in [2.24, 2.45) is 5.92 Å². The van der Waals surface area contributed by atoms with Crippen LogP contribution in [0.2, 0.25) is 0 Å². The molecule has 1 aromatic carbocycles. The van der Waals surface area contributed by atoms with E-state index in [0.717, 1.165) is 6.42 Å². The first kappa shape index (κ1) is 16.0. The molecule has 1 fully saturated rings. The van der Waals surface area contributed by atoms with E-state index in [4.69, 9.17) is 5.11 Å². The Morgan fingerprint density at radius 2 is 1.95 bits per heavy atom. The summed E-state index contributed by atoms with van der Waals surface area (Å²) in [5.74, 6) is 0.889. The first-order valence-corrected chi connectivity index (χ1v) is 7.57. The van der Waals surface area contributed by atoms with Crippen molar-refractivity contribution in [2.45, 2.75) is 38.2 Å². The van der Waals surface area contributed by atoms with Crippen LogP contribution in [0.1, 0.15) is 43.2 Å². The van der Waals surface area contributed by atoms with Gasteiger partial charge in [-0.25, -0.2) is 0 Å². The summed E-state index contributed by atoms with van der Waals surface area (Å²) in [6, 6.07) is 8.52. The molecule has 1 amide bonds. The number of hydrogen-bond acceptors (Lipinski definition) is 3. The number of hydrogen-bond donors (Lipinski definition) is 2. The van der Waals surface area contributed by atoms with Crippen LogP contribution in [0.4, 0.5) is 0 Å². The van der Waals surface area contributed by atoms with E-state index in [1.165, 1.54) is 16.0 Å². The molecule has 2 rings (SSSR count). The van der Waals surface area contributed by atoms with E-state index in [2.05, 4.69) is 38.1 Å². The van der Waals surface area contributed by atoms with E-state index in [-0.39, 0.29) is 25.0 Å². The summed E-state index contributed by atoms with van der Waals surface area (Å²) >= 11 is 0. The van der Waals surface area contributed by atoms with Gasteiger partial charge in [0.05, 0.1) is 12.7 Å². The van der Waals surface area contributed by atoms with Crippen molar-refractivity contribution in [2.75, 3.05) is 20.2 Å². The highest BCUT2D eigenvalue weighted by Crippen LogP contribution is 2.48. The number of likely N-dealkylation sites (N-methyl/N-ethyl adjacent to an activating group) is 1. The summed E-state index contributed by atoms with van der Waals surface area (Å²) in [7, 11) is 1.68. The van der Waals surface area contributed by atoms with Gasteiger partial charge in [-0.2, -0.15) is 0 Å². The largest absolute Gasteiger partial charge is 0.394 e. The van der Waals surface area contributed by atoms with Crippen LogP contribution in [-0.4, -0.2) is 47.3 Å². The topological polar surface area (TPSA) is 60.8 Å². The molecule has 0 heterocycles. The second-order valence-electron chi connectivity index (χ2n) is 6.33. The minimum Gasteiger partial charge on any atom is -0.394 e. The zero-order valence-electron chi connectivity index (χ0n) is 13.0. The fourth-order valence-corrected chi connectivity index (χ4v) is 2.71. The van der Waals surface area contributed by atoms with Crippen LogP contribution in [-0.2, 0) is 4.79 Å². The monoisotopic (exact) mass is 291 g/mol. The van der Waals surface area contributed by atoms with Crippen LogP contribution in [0.15, 0.2) is 24.3 Å². The molecule has 0 aliphatic heterocycles. The lowest BCUT2D eigenvalue weighted by Crippen LogP contribution is -2.36. The maximum absolute atomic E-state index is 12.2. The van der Waals surface area contributed by atoms with Gasteiger partial charge in [0.2, 0.25) is 5.91 Å². The number of aliphatic hydroxyl groups is 2. The Hall–Kier alpha value is -1.39. The molecule has 4 nitrogen and oxygen atoms in total. The molecule has 0 bridgehead atoms. The third-order valence-electron chi connectivity index (χ3n) is 4.21. The smallest absolute Gasteiger partial charge is 0.226 e. The molecule has 2 N–H and O–H groups in total. The molecule has 1 aliphatic carbocycles. The summed E-state index contributed by atoms with van der Waals surface area (Å²) in [4.78, 5) is 13.8. The molecule has 116 valence electrons. The number of aliphatic hydroxyl groups excluding tert-OH is 2. The summed E-state index contributed by atoms with van der Waals surface area (Å²) in [6.45, 7) is 4.20. The minimum absolute atomic E-state index is 0.0193. The van der Waals surface area contributed by atoms with Gasteiger partial charge >= 0.3 is 0 Å². The van der Waals surface area contributed by atoms with Crippen LogP contribution in [0.25, 0.3) is 0 Å². The van der Waals surface area contributed by atoms with Crippen molar-refractivity contribution in [3.63, 3.8) is 0 Å². The average molecular weight is 291 g/mol. The van der Waals surface area contributed by atoms with Gasteiger partial charge in [-0.05, 0) is 29.4 Å². The fraction of sp³-hybridized carbons (Fsp3) is 0.588. The standard InChI is InChI=1S/C17H25NO3/c1-11(2)12-4-6-13(7-5-12)15-8-16(15)17(21)18(3)9-14(20)10-19/h4-7,11,14-16,19-20H,8-10H2,1-3H3/t14-,15+,16+/m0/s1. The molecule has 1 aliphatic rings. The highest BCUT2D eigenvalue weighted by atomic mass is 16.3. The van der Waals surface area contributed by atoms with E-state index in [1.54, 1.807) is 7.05 Å². The van der Waals surface area contributed by atoms with Crippen LogP contribution < -0.4 is 0 Å². The maximum Gasteiger partial charge on any atom is 0.226 e. The van der Waals surface area contributed by atoms with Gasteiger partial charge in [0.1, 0.15) is 0 Å². The lowest BCUT2D eigenvalue weighted by Gasteiger charge is -2.19. The van der Waals surface area contributed by atoms with Gasteiger partial charge in [-0.3, -0.25) is 4.79 Å². The first-order valence-electron chi connectivity index (χ1n) is 7.57. The molecule has 21 heavy (non-hydrogen) atoms. The third-order valence-corrected chi connectivity index (χ3v) is 4.21. The molecular weight excluding hydrogens is 266 g/mol. The van der Waals surface area contributed by atoms with Gasteiger partial charge < -0.3 is 15.1 Å². The number of carbonyl (C=O) groups excluding carboxylic acids is 1. The Balaban J connectivity index is 1.93. The van der Waals surface area contributed by atoms with E-state index in [9.17, 15) is 9.90 Å². The zero-order valence-corrected chi connectivity index (χ0v) is 13.0. The summed E-state index contributed by atoms with van der Waals surface area (Å²) in [6.07, 6.45) is 0.0147. The Morgan fingerprint density at radius 1 is 1.33 bits per heavy atom. The second kappa shape index (κ2) is 6.58. The fourth-order valence-electron chi connectivity index (χ4n) is 2.71. The first-order chi connectivity index (χ1) is 9.93. The van der Waals surface area contributed by atoms with Crippen molar-refractivity contribution in [1.82, 2.24) is 4.90 Å². The zero-order chi connectivity index (χ0) is 15.6. The Kier molecular flexibility index (Phi) is 5.01. The quantitative estimate of drug-likeness (QED) is 0.839. The van der Waals surface area contributed by atoms with Gasteiger partial charge in [-0.1, -0.05) is 38.1 Å². The van der Waals surface area contributed by atoms with Gasteiger partial charge in [0.15, 0.2) is 0 Å². The van der Waals surface area contributed by atoms with E-state index < -0.39 is 6.10 Å². The number of amides is 1. The average Bonchev–Trinajstić information content (AvgIpc) is 3.26. The van der Waals surface area contributed by atoms with Crippen LogP contribution >= 0.6 is 0 Å². The maximum atomic E-state index is 12.2. The Morgan fingerprint density at radius 3 is 2.48 bits per heavy atom. The van der Waals surface area contributed by atoms with Gasteiger partial charge in [0.25, 0.3) is 0 Å². The minimum atomic E-state index is -0.860. The second-order valence-corrected chi connectivity index (χ2v) is 6.33. The summed E-state index contributed by atoms with van der Waals surface area (Å²) < 4.78 is 0. The van der Waals surface area contributed by atoms with Crippen molar-refractivity contribution >= 4 is 5.91 Å². The van der Waals surface area contributed by atoms with Crippen molar-refractivity contribution in [3.8, 4) is 0 Å². The third kappa shape index (κ3) is 3.83. The van der Waals surface area contributed by atoms with Gasteiger partial charge in [-0.15, -0.1) is 0 Å². The van der Waals surface area contributed by atoms with Crippen molar-refractivity contribution in [3.05, 3.63) is 35.4 Å². The molecule has 0 unspecified atom stereocenters. The van der Waals surface area contributed by atoms with Gasteiger partial charge in [0, 0.05) is 19.5 Å². The van der Waals surface area contributed by atoms with Crippen LogP contribution in [0, 0.1) is 5.92 Å². The highest BCUT2D eigenvalue weighted by Gasteiger charge is 2.45. The molecule has 1 aromatic rings. The highest BCUT2D eigenvalue weighted by molar-refractivity contribution is 5.82. The van der Waals surface area contributed by atoms with E-state index in [1.807, 2.05) is 0 Å². The SMILES string of the molecule is CC(C)c1ccc([C@H]2C[C@H]2C(=O)N(C)C[C@H](O)CO)cc1. The Labute approximate surface area is 126 Å². The lowest BCUT2D eigenvalue weighted by atomic mass is 10.00. The molecule has 0 radical (unpaired) electrons. The molecule has 4 heteroatoms.